The molecule has 0 spiro atoms. The normalized spacial score (nSPS) is 11.1. The zero-order chi connectivity index (χ0) is 21.8. The third-order valence-corrected chi connectivity index (χ3v) is 5.03. The Hall–Kier alpha value is -3.85. The average molecular weight is 478 g/mol. The van der Waals surface area contributed by atoms with Crippen molar-refractivity contribution in [2.45, 2.75) is 6.54 Å². The van der Waals surface area contributed by atoms with Crippen LogP contribution in [-0.4, -0.2) is 26.8 Å². The fourth-order valence-corrected chi connectivity index (χ4v) is 3.56. The van der Waals surface area contributed by atoms with Crippen molar-refractivity contribution in [2.75, 3.05) is 0 Å². The summed E-state index contributed by atoms with van der Waals surface area (Å²) in [4.78, 5) is 23.2. The number of halogens is 1. The second-order valence-corrected chi connectivity index (χ2v) is 7.67. The standard InChI is InChI=1S/C22H16BrN5O3/c23-19-7-3-4-16(11-19)13-27-14-20(28(30)31)21(26-27)22(29)25-24-12-15-8-9-17-5-1-2-6-18(17)10-15/h1-12,14H,13H2,(H,25,29). The first-order valence-electron chi connectivity index (χ1n) is 9.28. The summed E-state index contributed by atoms with van der Waals surface area (Å²) in [6, 6.07) is 21.1. The van der Waals surface area contributed by atoms with Crippen molar-refractivity contribution >= 4 is 44.5 Å². The molecule has 0 bridgehead atoms. The first-order valence-corrected chi connectivity index (χ1v) is 10.1. The Labute approximate surface area is 185 Å². The van der Waals surface area contributed by atoms with E-state index in [1.54, 1.807) is 0 Å². The lowest BCUT2D eigenvalue weighted by atomic mass is 10.1. The van der Waals surface area contributed by atoms with E-state index in [4.69, 9.17) is 0 Å². The van der Waals surface area contributed by atoms with Crippen molar-refractivity contribution in [2.24, 2.45) is 5.10 Å². The lowest BCUT2D eigenvalue weighted by molar-refractivity contribution is -0.385. The van der Waals surface area contributed by atoms with Gasteiger partial charge in [0.25, 0.3) is 5.91 Å². The Morgan fingerprint density at radius 3 is 2.71 bits per heavy atom. The van der Waals surface area contributed by atoms with E-state index < -0.39 is 10.8 Å². The van der Waals surface area contributed by atoms with Gasteiger partial charge in [0.15, 0.2) is 0 Å². The number of carbonyl (C=O) groups excluding carboxylic acids is 1. The Morgan fingerprint density at radius 2 is 1.94 bits per heavy atom. The molecule has 1 N–H and O–H groups in total. The van der Waals surface area contributed by atoms with Gasteiger partial charge in [-0.2, -0.15) is 10.2 Å². The molecule has 4 rings (SSSR count). The molecule has 31 heavy (non-hydrogen) atoms. The number of nitro groups is 1. The minimum Gasteiger partial charge on any atom is -0.265 e. The Morgan fingerprint density at radius 1 is 1.13 bits per heavy atom. The molecule has 3 aromatic carbocycles. The summed E-state index contributed by atoms with van der Waals surface area (Å²) in [6.07, 6.45) is 2.72. The van der Waals surface area contributed by atoms with Crippen molar-refractivity contribution in [1.82, 2.24) is 15.2 Å². The molecular weight excluding hydrogens is 462 g/mol. The molecule has 1 heterocycles. The second kappa shape index (κ2) is 8.88. The molecule has 0 aliphatic rings. The molecule has 154 valence electrons. The van der Waals surface area contributed by atoms with Crippen molar-refractivity contribution in [3.05, 3.63) is 104 Å². The highest BCUT2D eigenvalue weighted by molar-refractivity contribution is 9.10. The van der Waals surface area contributed by atoms with E-state index in [2.05, 4.69) is 31.6 Å². The summed E-state index contributed by atoms with van der Waals surface area (Å²) in [5.41, 5.74) is 3.31. The van der Waals surface area contributed by atoms with Gasteiger partial charge in [0, 0.05) is 4.47 Å². The van der Waals surface area contributed by atoms with E-state index in [1.165, 1.54) is 17.1 Å². The highest BCUT2D eigenvalue weighted by Crippen LogP contribution is 2.19. The smallest absolute Gasteiger partial charge is 0.265 e. The molecule has 1 amide bonds. The molecule has 1 aromatic heterocycles. The number of carbonyl (C=O) groups is 1. The molecule has 0 unspecified atom stereocenters. The Bertz CT molecular complexity index is 1320. The number of nitrogens with one attached hydrogen (secondary N) is 1. The second-order valence-electron chi connectivity index (χ2n) is 6.75. The summed E-state index contributed by atoms with van der Waals surface area (Å²) in [5.74, 6) is -0.753. The van der Waals surface area contributed by atoms with Gasteiger partial charge in [-0.05, 0) is 40.1 Å². The van der Waals surface area contributed by atoms with Crippen LogP contribution in [0.2, 0.25) is 0 Å². The van der Waals surface area contributed by atoms with E-state index in [1.807, 2.05) is 66.7 Å². The topological polar surface area (TPSA) is 102 Å². The van der Waals surface area contributed by atoms with Crippen LogP contribution in [0.1, 0.15) is 21.6 Å². The molecule has 4 aromatic rings. The molecule has 0 saturated carbocycles. The largest absolute Gasteiger partial charge is 0.320 e. The maximum Gasteiger partial charge on any atom is 0.320 e. The van der Waals surface area contributed by atoms with Gasteiger partial charge in [0.2, 0.25) is 5.69 Å². The lowest BCUT2D eigenvalue weighted by Crippen LogP contribution is -2.19. The van der Waals surface area contributed by atoms with Gasteiger partial charge >= 0.3 is 5.69 Å². The molecular formula is C22H16BrN5O3. The molecule has 0 fully saturated rings. The van der Waals surface area contributed by atoms with Crippen LogP contribution < -0.4 is 5.43 Å². The summed E-state index contributed by atoms with van der Waals surface area (Å²) in [6.45, 7) is 0.286. The fourth-order valence-electron chi connectivity index (χ4n) is 3.12. The maximum atomic E-state index is 12.5. The number of amides is 1. The van der Waals surface area contributed by atoms with Gasteiger partial charge in [-0.1, -0.05) is 64.5 Å². The minimum absolute atomic E-state index is 0.286. The number of hydrogen-bond acceptors (Lipinski definition) is 5. The quantitative estimate of drug-likeness (QED) is 0.250. The van der Waals surface area contributed by atoms with Crippen molar-refractivity contribution in [3.8, 4) is 0 Å². The van der Waals surface area contributed by atoms with Gasteiger partial charge < -0.3 is 0 Å². The third kappa shape index (κ3) is 4.84. The summed E-state index contributed by atoms with van der Waals surface area (Å²) in [7, 11) is 0. The predicted molar refractivity (Wildman–Crippen MR) is 121 cm³/mol. The fraction of sp³-hybridized carbons (Fsp3) is 0.0455. The molecule has 0 atom stereocenters. The van der Waals surface area contributed by atoms with Crippen LogP contribution in [0.3, 0.4) is 0 Å². The van der Waals surface area contributed by atoms with Gasteiger partial charge in [-0.3, -0.25) is 19.6 Å². The van der Waals surface area contributed by atoms with Crippen molar-refractivity contribution < 1.29 is 9.72 Å². The van der Waals surface area contributed by atoms with Crippen LogP contribution in [0.25, 0.3) is 10.8 Å². The van der Waals surface area contributed by atoms with Crippen LogP contribution in [0.15, 0.2) is 82.5 Å². The minimum atomic E-state index is -0.753. The van der Waals surface area contributed by atoms with E-state index in [9.17, 15) is 14.9 Å². The lowest BCUT2D eigenvalue weighted by Gasteiger charge is -2.02. The number of hydrazone groups is 1. The molecule has 9 heteroatoms. The van der Waals surface area contributed by atoms with Gasteiger partial charge in [0.1, 0.15) is 6.20 Å². The first kappa shape index (κ1) is 20.4. The Kier molecular flexibility index (Phi) is 5.85. The van der Waals surface area contributed by atoms with Crippen LogP contribution in [0, 0.1) is 10.1 Å². The van der Waals surface area contributed by atoms with Gasteiger partial charge in [0.05, 0.1) is 17.7 Å². The van der Waals surface area contributed by atoms with Crippen LogP contribution >= 0.6 is 15.9 Å². The van der Waals surface area contributed by atoms with E-state index in [0.717, 1.165) is 26.4 Å². The number of nitrogens with zero attached hydrogens (tertiary/aromatic N) is 4. The molecule has 0 saturated heterocycles. The highest BCUT2D eigenvalue weighted by atomic mass is 79.9. The molecule has 0 aliphatic heterocycles. The molecule has 0 radical (unpaired) electrons. The zero-order valence-electron chi connectivity index (χ0n) is 16.1. The number of rotatable bonds is 6. The first-order chi connectivity index (χ1) is 15.0. The number of benzene rings is 3. The number of aromatic nitrogens is 2. The van der Waals surface area contributed by atoms with Gasteiger partial charge in [-0.25, -0.2) is 5.43 Å². The summed E-state index contributed by atoms with van der Waals surface area (Å²) < 4.78 is 2.25. The zero-order valence-corrected chi connectivity index (χ0v) is 17.7. The average Bonchev–Trinajstić information content (AvgIpc) is 3.18. The van der Waals surface area contributed by atoms with E-state index >= 15 is 0 Å². The van der Waals surface area contributed by atoms with Crippen LogP contribution in [-0.2, 0) is 6.54 Å². The highest BCUT2D eigenvalue weighted by Gasteiger charge is 2.25. The van der Waals surface area contributed by atoms with Crippen molar-refractivity contribution in [1.29, 1.82) is 0 Å². The monoisotopic (exact) mass is 477 g/mol. The van der Waals surface area contributed by atoms with Gasteiger partial charge in [-0.15, -0.1) is 0 Å². The summed E-state index contributed by atoms with van der Waals surface area (Å²) in [5, 5.41) is 21.6. The third-order valence-electron chi connectivity index (χ3n) is 4.54. The van der Waals surface area contributed by atoms with E-state index in [0.29, 0.717) is 0 Å². The number of fused-ring (bicyclic) bond motifs is 1. The molecule has 8 nitrogen and oxygen atoms in total. The Balaban J connectivity index is 1.50. The molecule has 0 aliphatic carbocycles. The van der Waals surface area contributed by atoms with Crippen LogP contribution in [0.4, 0.5) is 5.69 Å². The maximum absolute atomic E-state index is 12.5. The predicted octanol–water partition coefficient (Wildman–Crippen LogP) is 4.52. The SMILES string of the molecule is O=C(NN=Cc1ccc2ccccc2c1)c1nn(Cc2cccc(Br)c2)cc1[N+](=O)[O-]. The van der Waals surface area contributed by atoms with E-state index in [-0.39, 0.29) is 17.9 Å². The van der Waals surface area contributed by atoms with Crippen LogP contribution in [0.5, 0.6) is 0 Å². The van der Waals surface area contributed by atoms with Crippen molar-refractivity contribution in [3.63, 3.8) is 0 Å². The number of hydrogen-bond donors (Lipinski definition) is 1. The summed E-state index contributed by atoms with van der Waals surface area (Å²) >= 11 is 3.38.